The molecule has 2 aliphatic heterocycles. The van der Waals surface area contributed by atoms with Gasteiger partial charge in [0.1, 0.15) is 35.6 Å². The van der Waals surface area contributed by atoms with Gasteiger partial charge in [-0.15, -0.1) is 0 Å². The van der Waals surface area contributed by atoms with Gasteiger partial charge in [0.05, 0.1) is 23.7 Å². The first-order valence-electron chi connectivity index (χ1n) is 11.3. The molecule has 5 rings (SSSR count). The van der Waals surface area contributed by atoms with Gasteiger partial charge in [0.2, 0.25) is 0 Å². The maximum absolute atomic E-state index is 13.5. The van der Waals surface area contributed by atoms with Crippen LogP contribution in [0.15, 0.2) is 48.9 Å². The van der Waals surface area contributed by atoms with Gasteiger partial charge in [-0.1, -0.05) is 30.3 Å². The molecule has 0 aliphatic carbocycles. The quantitative estimate of drug-likeness (QED) is 0.442. The number of nitrogens with zero attached hydrogens (tertiary/aromatic N) is 3. The van der Waals surface area contributed by atoms with Gasteiger partial charge in [-0.3, -0.25) is 13.6 Å². The highest BCUT2D eigenvalue weighted by molar-refractivity contribution is 7.48. The van der Waals surface area contributed by atoms with E-state index in [0.29, 0.717) is 17.5 Å². The van der Waals surface area contributed by atoms with Gasteiger partial charge < -0.3 is 25.3 Å². The molecule has 0 amide bonds. The highest BCUT2D eigenvalue weighted by atomic mass is 31.2. The number of hydrogen-bond donors (Lipinski definition) is 3. The molecule has 0 spiro atoms. The van der Waals surface area contributed by atoms with E-state index in [1.165, 1.54) is 13.3 Å². The fraction of sp³-hybridized carbons (Fsp3) is 0.478. The molecule has 188 valence electrons. The summed E-state index contributed by atoms with van der Waals surface area (Å²) in [5.74, 6) is 0.284. The lowest BCUT2D eigenvalue weighted by molar-refractivity contribution is -0.0964. The van der Waals surface area contributed by atoms with Crippen molar-refractivity contribution in [2.45, 2.75) is 62.9 Å². The van der Waals surface area contributed by atoms with Gasteiger partial charge in [-0.05, 0) is 32.4 Å². The first-order valence-corrected chi connectivity index (χ1v) is 12.8. The molecule has 35 heavy (non-hydrogen) atoms. The summed E-state index contributed by atoms with van der Waals surface area (Å²) in [6.07, 6.45) is -0.456. The number of aliphatic hydroxyl groups excluding tert-OH is 1. The topological polar surface area (TPSA) is 151 Å². The highest BCUT2D eigenvalue weighted by Gasteiger charge is 2.54. The minimum Gasteiger partial charge on any atom is -0.387 e. The number of benzene rings is 1. The predicted octanol–water partition coefficient (Wildman–Crippen LogP) is 3.10. The van der Waals surface area contributed by atoms with E-state index in [1.807, 2.05) is 44.2 Å². The van der Waals surface area contributed by atoms with Crippen LogP contribution in [0.5, 0.6) is 0 Å². The fourth-order valence-electron chi connectivity index (χ4n) is 4.63. The van der Waals surface area contributed by atoms with E-state index >= 15 is 0 Å². The molecule has 2 saturated heterocycles. The summed E-state index contributed by atoms with van der Waals surface area (Å²) in [5, 5.41) is 22.6. The van der Waals surface area contributed by atoms with E-state index in [1.54, 1.807) is 16.8 Å². The van der Waals surface area contributed by atoms with Crippen LogP contribution < -0.4 is 5.73 Å². The van der Waals surface area contributed by atoms with E-state index in [4.69, 9.17) is 24.0 Å². The van der Waals surface area contributed by atoms with Crippen molar-refractivity contribution in [2.75, 3.05) is 12.3 Å². The van der Waals surface area contributed by atoms with Crippen LogP contribution in [0.4, 0.5) is 5.82 Å². The molecule has 6 atom stereocenters. The Morgan fingerprint density at radius 3 is 2.71 bits per heavy atom. The Balaban J connectivity index is 1.34. The van der Waals surface area contributed by atoms with Crippen molar-refractivity contribution < 1.29 is 33.1 Å². The average molecular weight is 504 g/mol. The number of nitrogens with two attached hydrogens (primary N) is 1. The van der Waals surface area contributed by atoms with E-state index in [2.05, 4.69) is 9.97 Å². The van der Waals surface area contributed by atoms with Crippen LogP contribution in [0.3, 0.4) is 0 Å². The Morgan fingerprint density at radius 1 is 1.23 bits per heavy atom. The molecule has 0 radical (unpaired) electrons. The lowest BCUT2D eigenvalue weighted by Gasteiger charge is -2.39. The van der Waals surface area contributed by atoms with Crippen LogP contribution in [0.1, 0.15) is 45.1 Å². The largest absolute Gasteiger partial charge is 0.476 e. The van der Waals surface area contributed by atoms with Crippen molar-refractivity contribution in [3.05, 3.63) is 54.5 Å². The van der Waals surface area contributed by atoms with Gasteiger partial charge in [0.15, 0.2) is 6.23 Å². The number of rotatable bonds is 5. The molecule has 2 aliphatic rings. The average Bonchev–Trinajstić information content (AvgIpc) is 3.31. The van der Waals surface area contributed by atoms with Crippen molar-refractivity contribution in [2.24, 2.45) is 0 Å². The van der Waals surface area contributed by atoms with Crippen molar-refractivity contribution >= 4 is 24.7 Å². The Morgan fingerprint density at radius 2 is 1.97 bits per heavy atom. The third kappa shape index (κ3) is 4.49. The molecule has 12 heteroatoms. The number of ether oxygens (including phenoxy) is 1. The van der Waals surface area contributed by atoms with E-state index in [-0.39, 0.29) is 12.4 Å². The van der Waals surface area contributed by atoms with Gasteiger partial charge in [-0.25, -0.2) is 14.5 Å². The molecule has 2 aromatic heterocycles. The summed E-state index contributed by atoms with van der Waals surface area (Å²) in [6, 6.07) is 11.1. The fourth-order valence-corrected chi connectivity index (χ4v) is 6.30. The molecule has 2 fully saturated rings. The second-order valence-electron chi connectivity index (χ2n) is 9.72. The van der Waals surface area contributed by atoms with Crippen molar-refractivity contribution in [3.8, 4) is 0 Å². The molecule has 11 nitrogen and oxygen atoms in total. The number of phosphoric ester groups is 1. The van der Waals surface area contributed by atoms with Crippen molar-refractivity contribution in [1.29, 1.82) is 0 Å². The van der Waals surface area contributed by atoms with E-state index < -0.39 is 43.6 Å². The maximum atomic E-state index is 13.5. The summed E-state index contributed by atoms with van der Waals surface area (Å²) >= 11 is 0. The SMILES string of the molecule is CC1(C)C[C@@H](c2ccccc2)O[P@@](=O)(OC[C@H]2O[C@@H](n3ccc4c(N)ncnc43)[C@](C)(O)[C@@H]2O)O1. The summed E-state index contributed by atoms with van der Waals surface area (Å²) in [5.41, 5.74) is 4.72. The van der Waals surface area contributed by atoms with Crippen LogP contribution in [0.2, 0.25) is 0 Å². The first kappa shape index (κ1) is 24.3. The summed E-state index contributed by atoms with van der Waals surface area (Å²) in [6.45, 7) is 4.74. The molecular formula is C23H29N4O7P. The Kier molecular flexibility index (Phi) is 6.00. The van der Waals surface area contributed by atoms with Crippen LogP contribution >= 0.6 is 7.82 Å². The highest BCUT2D eigenvalue weighted by Crippen LogP contribution is 2.61. The minimum atomic E-state index is -4.02. The Labute approximate surface area is 202 Å². The monoisotopic (exact) mass is 504 g/mol. The maximum Gasteiger partial charge on any atom is 0.476 e. The van der Waals surface area contributed by atoms with Gasteiger partial charge in [-0.2, -0.15) is 0 Å². The van der Waals surface area contributed by atoms with Gasteiger partial charge in [0, 0.05) is 12.6 Å². The summed E-state index contributed by atoms with van der Waals surface area (Å²) in [4.78, 5) is 8.19. The normalized spacial score (nSPS) is 34.9. The smallest absolute Gasteiger partial charge is 0.387 e. The van der Waals surface area contributed by atoms with Crippen LogP contribution in [0, 0.1) is 0 Å². The predicted molar refractivity (Wildman–Crippen MR) is 126 cm³/mol. The number of anilines is 1. The number of aromatic nitrogens is 3. The molecular weight excluding hydrogens is 475 g/mol. The second-order valence-corrected chi connectivity index (χ2v) is 11.3. The summed E-state index contributed by atoms with van der Waals surface area (Å²) in [7, 11) is -4.02. The van der Waals surface area contributed by atoms with E-state index in [9.17, 15) is 14.8 Å². The van der Waals surface area contributed by atoms with Gasteiger partial charge >= 0.3 is 7.82 Å². The Hall–Kier alpha value is -2.37. The third-order valence-corrected chi connectivity index (χ3v) is 8.10. The van der Waals surface area contributed by atoms with Gasteiger partial charge in [0.25, 0.3) is 0 Å². The van der Waals surface area contributed by atoms with Crippen LogP contribution in [-0.4, -0.2) is 54.8 Å². The molecule has 3 aromatic rings. The van der Waals surface area contributed by atoms with Crippen LogP contribution in [0.25, 0.3) is 11.0 Å². The number of hydrogen-bond acceptors (Lipinski definition) is 10. The zero-order valence-electron chi connectivity index (χ0n) is 19.6. The van der Waals surface area contributed by atoms with Crippen molar-refractivity contribution in [3.63, 3.8) is 0 Å². The first-order chi connectivity index (χ1) is 16.5. The number of nitrogen functional groups attached to an aromatic ring is 1. The minimum absolute atomic E-state index is 0.284. The van der Waals surface area contributed by atoms with Crippen LogP contribution in [-0.2, 0) is 22.9 Å². The molecule has 4 N–H and O–H groups in total. The number of fused-ring (bicyclic) bond motifs is 1. The molecule has 0 saturated carbocycles. The molecule has 0 bridgehead atoms. The third-order valence-electron chi connectivity index (χ3n) is 6.41. The van der Waals surface area contributed by atoms with Crippen molar-refractivity contribution in [1.82, 2.24) is 14.5 Å². The molecule has 4 heterocycles. The molecule has 1 aromatic carbocycles. The van der Waals surface area contributed by atoms with E-state index in [0.717, 1.165) is 5.56 Å². The standard InChI is InChI=1S/C23H29N4O7P/c1-22(2)11-16(14-7-5-4-6-8-14)33-35(30,34-22)31-12-17-18(28)23(3,29)21(32-17)27-10-9-15-19(24)25-13-26-20(15)27/h4-10,13,16-18,21,28-29H,11-12H2,1-3H3,(H2,24,25,26)/t16-,17+,18+,21+,23+,35+/m0/s1. The zero-order valence-corrected chi connectivity index (χ0v) is 20.5. The Bertz CT molecular complexity index is 1270. The second kappa shape index (κ2) is 8.63. The summed E-state index contributed by atoms with van der Waals surface area (Å²) < 4.78 is 38.2. The lowest BCUT2D eigenvalue weighted by Crippen LogP contribution is -2.44. The molecule has 0 unspecified atom stereocenters. The number of phosphoric acid groups is 1. The number of aliphatic hydroxyl groups is 2. The zero-order chi connectivity index (χ0) is 25.0. The lowest BCUT2D eigenvalue weighted by atomic mass is 9.96.